The average molecular weight is 286 g/mol. The van der Waals surface area contributed by atoms with Gasteiger partial charge in [-0.05, 0) is 25.0 Å². The first-order valence-corrected chi connectivity index (χ1v) is 7.11. The molecule has 0 N–H and O–H groups in total. The molecule has 0 bridgehead atoms. The monoisotopic (exact) mass is 286 g/mol. The van der Waals surface area contributed by atoms with E-state index < -0.39 is 0 Å². The number of piperidine rings is 1. The second-order valence-electron chi connectivity index (χ2n) is 5.50. The summed E-state index contributed by atoms with van der Waals surface area (Å²) in [5.74, 6) is 0.514. The summed E-state index contributed by atoms with van der Waals surface area (Å²) in [7, 11) is 1.99. The number of aromatic nitrogens is 2. The van der Waals surface area contributed by atoms with Crippen LogP contribution in [-0.4, -0.2) is 27.6 Å². The van der Waals surface area contributed by atoms with E-state index in [0.29, 0.717) is 5.92 Å². The van der Waals surface area contributed by atoms with E-state index in [1.165, 1.54) is 5.69 Å². The lowest BCUT2D eigenvalue weighted by Gasteiger charge is -2.33. The van der Waals surface area contributed by atoms with Gasteiger partial charge >= 0.3 is 0 Å². The molecule has 0 unspecified atom stereocenters. The fourth-order valence-electron chi connectivity index (χ4n) is 2.86. The first-order chi connectivity index (χ1) is 10.1. The topological polar surface area (TPSA) is 64.2 Å². The Morgan fingerprint density at radius 3 is 2.43 bits per heavy atom. The second kappa shape index (κ2) is 5.55. The Labute approximate surface area is 123 Å². The Morgan fingerprint density at radius 1 is 1.24 bits per heavy atom. The highest BCUT2D eigenvalue weighted by atomic mass is 16.6. The van der Waals surface area contributed by atoms with Crippen LogP contribution < -0.4 is 4.90 Å². The van der Waals surface area contributed by atoms with Gasteiger partial charge in [-0.15, -0.1) is 0 Å². The van der Waals surface area contributed by atoms with Gasteiger partial charge in [0.05, 0.1) is 16.9 Å². The standard InChI is InChI=1S/C15H18N4O2/c1-17-10-15(16-11-17)12-6-8-18(9-7-12)13-2-4-14(5-3-13)19(20)21/h2-5,10-12H,6-9H2,1H3. The van der Waals surface area contributed by atoms with E-state index >= 15 is 0 Å². The van der Waals surface area contributed by atoms with Crippen molar-refractivity contribution in [3.8, 4) is 0 Å². The molecule has 1 saturated heterocycles. The highest BCUT2D eigenvalue weighted by Crippen LogP contribution is 2.30. The van der Waals surface area contributed by atoms with E-state index in [0.717, 1.165) is 31.6 Å². The van der Waals surface area contributed by atoms with E-state index in [-0.39, 0.29) is 10.6 Å². The van der Waals surface area contributed by atoms with Crippen molar-refractivity contribution in [2.24, 2.45) is 7.05 Å². The van der Waals surface area contributed by atoms with E-state index in [1.807, 2.05) is 30.1 Å². The fraction of sp³-hybridized carbons (Fsp3) is 0.400. The minimum absolute atomic E-state index is 0.141. The molecule has 1 aliphatic heterocycles. The normalized spacial score (nSPS) is 16.1. The zero-order valence-electron chi connectivity index (χ0n) is 12.0. The van der Waals surface area contributed by atoms with E-state index in [1.54, 1.807) is 12.1 Å². The molecule has 1 aromatic carbocycles. The summed E-state index contributed by atoms with van der Waals surface area (Å²) >= 11 is 0. The number of nitro benzene ring substituents is 1. The summed E-state index contributed by atoms with van der Waals surface area (Å²) in [5, 5.41) is 10.7. The lowest BCUT2D eigenvalue weighted by molar-refractivity contribution is -0.384. The van der Waals surface area contributed by atoms with Gasteiger partial charge in [0.2, 0.25) is 0 Å². The number of hydrogen-bond acceptors (Lipinski definition) is 4. The van der Waals surface area contributed by atoms with Gasteiger partial charge in [0.1, 0.15) is 0 Å². The molecular formula is C15H18N4O2. The lowest BCUT2D eigenvalue weighted by Crippen LogP contribution is -2.32. The van der Waals surface area contributed by atoms with Crippen LogP contribution >= 0.6 is 0 Å². The predicted molar refractivity (Wildman–Crippen MR) is 80.5 cm³/mol. The smallest absolute Gasteiger partial charge is 0.269 e. The Morgan fingerprint density at radius 2 is 1.90 bits per heavy atom. The minimum Gasteiger partial charge on any atom is -0.371 e. The van der Waals surface area contributed by atoms with Gasteiger partial charge in [-0.2, -0.15) is 0 Å². The number of rotatable bonds is 3. The maximum atomic E-state index is 10.7. The van der Waals surface area contributed by atoms with Crippen LogP contribution in [0.2, 0.25) is 0 Å². The summed E-state index contributed by atoms with van der Waals surface area (Å²) in [5.41, 5.74) is 2.36. The van der Waals surface area contributed by atoms with Crippen LogP contribution in [0.3, 0.4) is 0 Å². The Balaban J connectivity index is 1.64. The molecule has 1 aliphatic rings. The quantitative estimate of drug-likeness (QED) is 0.643. The lowest BCUT2D eigenvalue weighted by atomic mass is 9.94. The van der Waals surface area contributed by atoms with Gasteiger partial charge in [-0.3, -0.25) is 10.1 Å². The van der Waals surface area contributed by atoms with Crippen molar-refractivity contribution >= 4 is 11.4 Å². The summed E-state index contributed by atoms with van der Waals surface area (Å²) < 4.78 is 1.98. The first-order valence-electron chi connectivity index (χ1n) is 7.11. The molecule has 3 rings (SSSR count). The van der Waals surface area contributed by atoms with Crippen LogP contribution in [0.15, 0.2) is 36.8 Å². The molecule has 0 saturated carbocycles. The van der Waals surface area contributed by atoms with Crippen molar-refractivity contribution in [2.45, 2.75) is 18.8 Å². The number of non-ortho nitro benzene ring substituents is 1. The zero-order chi connectivity index (χ0) is 14.8. The van der Waals surface area contributed by atoms with E-state index in [9.17, 15) is 10.1 Å². The van der Waals surface area contributed by atoms with Crippen LogP contribution in [0.1, 0.15) is 24.5 Å². The number of benzene rings is 1. The molecular weight excluding hydrogens is 268 g/mol. The maximum Gasteiger partial charge on any atom is 0.269 e. The Bertz CT molecular complexity index is 627. The SMILES string of the molecule is Cn1cnc(C2CCN(c3ccc([N+](=O)[O-])cc3)CC2)c1. The van der Waals surface area contributed by atoms with Crippen molar-refractivity contribution in [1.29, 1.82) is 0 Å². The van der Waals surface area contributed by atoms with Crippen LogP contribution in [0, 0.1) is 10.1 Å². The van der Waals surface area contributed by atoms with E-state index in [2.05, 4.69) is 16.1 Å². The van der Waals surface area contributed by atoms with Crippen molar-refractivity contribution in [3.05, 3.63) is 52.6 Å². The highest BCUT2D eigenvalue weighted by Gasteiger charge is 2.22. The molecule has 0 spiro atoms. The molecule has 0 aliphatic carbocycles. The molecule has 21 heavy (non-hydrogen) atoms. The molecule has 1 aromatic heterocycles. The summed E-state index contributed by atoms with van der Waals surface area (Å²) in [4.78, 5) is 17.0. The van der Waals surface area contributed by atoms with Gasteiger partial charge in [0.15, 0.2) is 0 Å². The Hall–Kier alpha value is -2.37. The number of anilines is 1. The summed E-state index contributed by atoms with van der Waals surface area (Å²) in [6.45, 7) is 1.91. The largest absolute Gasteiger partial charge is 0.371 e. The number of nitrogens with zero attached hydrogens (tertiary/aromatic N) is 4. The third kappa shape index (κ3) is 2.89. The van der Waals surface area contributed by atoms with Gasteiger partial charge in [-0.25, -0.2) is 4.98 Å². The molecule has 0 radical (unpaired) electrons. The summed E-state index contributed by atoms with van der Waals surface area (Å²) in [6, 6.07) is 6.80. The van der Waals surface area contributed by atoms with Crippen molar-refractivity contribution in [2.75, 3.05) is 18.0 Å². The number of aryl methyl sites for hydroxylation is 1. The van der Waals surface area contributed by atoms with Gasteiger partial charge in [0, 0.05) is 50.1 Å². The number of imidazole rings is 1. The minimum atomic E-state index is -0.364. The van der Waals surface area contributed by atoms with Gasteiger partial charge in [-0.1, -0.05) is 0 Å². The third-order valence-corrected chi connectivity index (χ3v) is 4.06. The van der Waals surface area contributed by atoms with Crippen molar-refractivity contribution < 1.29 is 4.92 Å². The molecule has 6 heteroatoms. The average Bonchev–Trinajstić information content (AvgIpc) is 2.94. The second-order valence-corrected chi connectivity index (χ2v) is 5.50. The van der Waals surface area contributed by atoms with Crippen LogP contribution in [-0.2, 0) is 7.05 Å². The number of nitro groups is 1. The van der Waals surface area contributed by atoms with Crippen LogP contribution in [0.5, 0.6) is 0 Å². The molecule has 2 aromatic rings. The number of hydrogen-bond donors (Lipinski definition) is 0. The molecule has 0 atom stereocenters. The van der Waals surface area contributed by atoms with Gasteiger partial charge < -0.3 is 9.47 Å². The van der Waals surface area contributed by atoms with Crippen molar-refractivity contribution in [1.82, 2.24) is 9.55 Å². The fourth-order valence-corrected chi connectivity index (χ4v) is 2.86. The molecule has 6 nitrogen and oxygen atoms in total. The first kappa shape index (κ1) is 13.6. The van der Waals surface area contributed by atoms with Crippen LogP contribution in [0.25, 0.3) is 0 Å². The van der Waals surface area contributed by atoms with Gasteiger partial charge in [0.25, 0.3) is 5.69 Å². The predicted octanol–water partition coefficient (Wildman–Crippen LogP) is 2.71. The van der Waals surface area contributed by atoms with Crippen LogP contribution in [0.4, 0.5) is 11.4 Å². The zero-order valence-corrected chi connectivity index (χ0v) is 12.0. The third-order valence-electron chi connectivity index (χ3n) is 4.06. The van der Waals surface area contributed by atoms with E-state index in [4.69, 9.17) is 0 Å². The maximum absolute atomic E-state index is 10.7. The Kier molecular flexibility index (Phi) is 3.60. The summed E-state index contributed by atoms with van der Waals surface area (Å²) in [6.07, 6.45) is 6.06. The molecule has 2 heterocycles. The highest BCUT2D eigenvalue weighted by molar-refractivity contribution is 5.51. The van der Waals surface area contributed by atoms with Crippen molar-refractivity contribution in [3.63, 3.8) is 0 Å². The molecule has 0 amide bonds. The molecule has 110 valence electrons. The molecule has 1 fully saturated rings.